The first-order valence-electron chi connectivity index (χ1n) is 8.21. The van der Waals surface area contributed by atoms with Crippen molar-refractivity contribution in [3.05, 3.63) is 58.9 Å². The minimum atomic E-state index is -0.581. The summed E-state index contributed by atoms with van der Waals surface area (Å²) in [4.78, 5) is 35.5. The second kappa shape index (κ2) is 9.68. The number of halogens is 2. The standard InChI is InChI=1S/C19H18ClFN2O4/c1-2-27-18(25)9-8-17(24)22-13-5-3-4-12(10-13)19(26)23-14-6-7-16(21)15(20)11-14/h3-7,10-11H,2,8-9H2,1H3,(H,22,24)(H,23,26). The highest BCUT2D eigenvalue weighted by Gasteiger charge is 2.11. The summed E-state index contributed by atoms with van der Waals surface area (Å²) < 4.78 is 17.9. The number of nitrogens with one attached hydrogen (secondary N) is 2. The van der Waals surface area contributed by atoms with Crippen molar-refractivity contribution in [1.82, 2.24) is 0 Å². The first-order chi connectivity index (χ1) is 12.9. The van der Waals surface area contributed by atoms with E-state index in [-0.39, 0.29) is 30.4 Å². The maximum absolute atomic E-state index is 13.2. The van der Waals surface area contributed by atoms with Crippen LogP contribution in [0.1, 0.15) is 30.1 Å². The lowest BCUT2D eigenvalue weighted by molar-refractivity contribution is -0.144. The molecular weight excluding hydrogens is 375 g/mol. The fraction of sp³-hybridized carbons (Fsp3) is 0.211. The van der Waals surface area contributed by atoms with Gasteiger partial charge in [-0.15, -0.1) is 0 Å². The zero-order valence-corrected chi connectivity index (χ0v) is 15.3. The Kier molecular flexibility index (Phi) is 7.31. The van der Waals surface area contributed by atoms with Gasteiger partial charge in [0.25, 0.3) is 5.91 Å². The molecule has 0 radical (unpaired) electrons. The van der Waals surface area contributed by atoms with Crippen LogP contribution >= 0.6 is 11.6 Å². The number of ether oxygens (including phenoxy) is 1. The molecule has 2 aromatic rings. The zero-order chi connectivity index (χ0) is 19.8. The van der Waals surface area contributed by atoms with Gasteiger partial charge in [0.2, 0.25) is 5.91 Å². The third kappa shape index (κ3) is 6.38. The molecule has 0 heterocycles. The van der Waals surface area contributed by atoms with Crippen LogP contribution in [0.4, 0.5) is 15.8 Å². The van der Waals surface area contributed by atoms with Crippen molar-refractivity contribution in [1.29, 1.82) is 0 Å². The van der Waals surface area contributed by atoms with Crippen LogP contribution in [0, 0.1) is 5.82 Å². The number of carbonyl (C=O) groups is 3. The van der Waals surface area contributed by atoms with Crippen LogP contribution in [0.15, 0.2) is 42.5 Å². The quantitative estimate of drug-likeness (QED) is 0.697. The van der Waals surface area contributed by atoms with Gasteiger partial charge < -0.3 is 15.4 Å². The molecule has 27 heavy (non-hydrogen) atoms. The van der Waals surface area contributed by atoms with Crippen LogP contribution in [-0.2, 0) is 14.3 Å². The van der Waals surface area contributed by atoms with E-state index in [1.54, 1.807) is 25.1 Å². The molecule has 8 heteroatoms. The topological polar surface area (TPSA) is 84.5 Å². The van der Waals surface area contributed by atoms with Gasteiger partial charge in [-0.1, -0.05) is 17.7 Å². The van der Waals surface area contributed by atoms with Crippen LogP contribution in [0.2, 0.25) is 5.02 Å². The lowest BCUT2D eigenvalue weighted by Crippen LogP contribution is -2.16. The highest BCUT2D eigenvalue weighted by Crippen LogP contribution is 2.20. The number of anilines is 2. The third-order valence-electron chi connectivity index (χ3n) is 3.45. The number of rotatable bonds is 7. The molecule has 0 saturated carbocycles. The van der Waals surface area contributed by atoms with Crippen molar-refractivity contribution in [2.24, 2.45) is 0 Å². The van der Waals surface area contributed by atoms with Gasteiger partial charge in [0, 0.05) is 23.4 Å². The van der Waals surface area contributed by atoms with E-state index < -0.39 is 17.7 Å². The van der Waals surface area contributed by atoms with Crippen LogP contribution in [0.3, 0.4) is 0 Å². The maximum Gasteiger partial charge on any atom is 0.306 e. The second-order valence-electron chi connectivity index (χ2n) is 5.52. The molecule has 0 aliphatic carbocycles. The summed E-state index contributed by atoms with van der Waals surface area (Å²) in [5, 5.41) is 5.11. The lowest BCUT2D eigenvalue weighted by atomic mass is 10.1. The Morgan fingerprint density at radius 2 is 1.78 bits per heavy atom. The molecule has 2 aromatic carbocycles. The summed E-state index contributed by atoms with van der Waals surface area (Å²) in [5.74, 6) is -1.84. The summed E-state index contributed by atoms with van der Waals surface area (Å²) in [6.45, 7) is 1.95. The van der Waals surface area contributed by atoms with Crippen molar-refractivity contribution in [3.8, 4) is 0 Å². The molecule has 0 bridgehead atoms. The first-order valence-corrected chi connectivity index (χ1v) is 8.58. The fourth-order valence-electron chi connectivity index (χ4n) is 2.19. The average Bonchev–Trinajstić information content (AvgIpc) is 2.63. The van der Waals surface area contributed by atoms with Gasteiger partial charge in [-0.2, -0.15) is 0 Å². The van der Waals surface area contributed by atoms with E-state index in [0.717, 1.165) is 6.07 Å². The number of hydrogen-bond acceptors (Lipinski definition) is 4. The number of hydrogen-bond donors (Lipinski definition) is 2. The van der Waals surface area contributed by atoms with Gasteiger partial charge in [-0.3, -0.25) is 14.4 Å². The van der Waals surface area contributed by atoms with Gasteiger partial charge >= 0.3 is 5.97 Å². The van der Waals surface area contributed by atoms with E-state index in [0.29, 0.717) is 16.9 Å². The Labute approximate surface area is 160 Å². The largest absolute Gasteiger partial charge is 0.466 e. The Bertz CT molecular complexity index is 857. The van der Waals surface area contributed by atoms with E-state index in [4.69, 9.17) is 16.3 Å². The van der Waals surface area contributed by atoms with Crippen molar-refractivity contribution in [2.45, 2.75) is 19.8 Å². The van der Waals surface area contributed by atoms with Gasteiger partial charge in [0.05, 0.1) is 18.1 Å². The highest BCUT2D eigenvalue weighted by molar-refractivity contribution is 6.31. The van der Waals surface area contributed by atoms with E-state index in [1.165, 1.54) is 18.2 Å². The minimum Gasteiger partial charge on any atom is -0.466 e. The summed E-state index contributed by atoms with van der Waals surface area (Å²) in [6.07, 6.45) is -0.0471. The van der Waals surface area contributed by atoms with Crippen molar-refractivity contribution >= 4 is 40.8 Å². The number of benzene rings is 2. The van der Waals surface area contributed by atoms with E-state index >= 15 is 0 Å². The van der Waals surface area contributed by atoms with Crippen molar-refractivity contribution in [3.63, 3.8) is 0 Å². The molecule has 0 atom stereocenters. The number of amides is 2. The molecule has 6 nitrogen and oxygen atoms in total. The molecule has 0 spiro atoms. The normalized spacial score (nSPS) is 10.2. The molecule has 0 unspecified atom stereocenters. The highest BCUT2D eigenvalue weighted by atomic mass is 35.5. The molecule has 2 rings (SSSR count). The van der Waals surface area contributed by atoms with Crippen molar-refractivity contribution < 1.29 is 23.5 Å². The average molecular weight is 393 g/mol. The molecule has 0 aliphatic heterocycles. The summed E-state index contributed by atoms with van der Waals surface area (Å²) in [5.41, 5.74) is 1.04. The predicted octanol–water partition coefficient (Wildman–Crippen LogP) is 4.01. The van der Waals surface area contributed by atoms with Crippen LogP contribution < -0.4 is 10.6 Å². The van der Waals surface area contributed by atoms with Gasteiger partial charge in [0.15, 0.2) is 0 Å². The molecule has 0 aromatic heterocycles. The Morgan fingerprint density at radius 1 is 1.04 bits per heavy atom. The molecule has 0 saturated heterocycles. The zero-order valence-electron chi connectivity index (χ0n) is 14.6. The maximum atomic E-state index is 13.2. The Balaban J connectivity index is 1.97. The summed E-state index contributed by atoms with van der Waals surface area (Å²) in [7, 11) is 0. The molecule has 2 amide bonds. The summed E-state index contributed by atoms with van der Waals surface area (Å²) >= 11 is 5.69. The molecule has 0 aliphatic rings. The SMILES string of the molecule is CCOC(=O)CCC(=O)Nc1cccc(C(=O)Nc2ccc(F)c(Cl)c2)c1. The van der Waals surface area contributed by atoms with Crippen LogP contribution in [0.25, 0.3) is 0 Å². The lowest BCUT2D eigenvalue weighted by Gasteiger charge is -2.09. The smallest absolute Gasteiger partial charge is 0.306 e. The van der Waals surface area contributed by atoms with Gasteiger partial charge in [0.1, 0.15) is 5.82 Å². The Hall–Kier alpha value is -2.93. The predicted molar refractivity (Wildman–Crippen MR) is 100 cm³/mol. The third-order valence-corrected chi connectivity index (χ3v) is 3.74. The van der Waals surface area contributed by atoms with Crippen LogP contribution in [-0.4, -0.2) is 24.4 Å². The molecule has 2 N–H and O–H groups in total. The first kappa shape index (κ1) is 20.4. The van der Waals surface area contributed by atoms with Crippen LogP contribution in [0.5, 0.6) is 0 Å². The number of esters is 1. The fourth-order valence-corrected chi connectivity index (χ4v) is 2.37. The minimum absolute atomic E-state index is 0.0226. The molecular formula is C19H18ClFN2O4. The second-order valence-corrected chi connectivity index (χ2v) is 5.92. The van der Waals surface area contributed by atoms with Crippen molar-refractivity contribution in [2.75, 3.05) is 17.2 Å². The van der Waals surface area contributed by atoms with E-state index in [1.807, 2.05) is 0 Å². The molecule has 0 fully saturated rings. The van der Waals surface area contributed by atoms with Gasteiger partial charge in [-0.25, -0.2) is 4.39 Å². The molecule has 142 valence electrons. The van der Waals surface area contributed by atoms with E-state index in [9.17, 15) is 18.8 Å². The summed E-state index contributed by atoms with van der Waals surface area (Å²) in [6, 6.07) is 10.1. The Morgan fingerprint density at radius 3 is 2.48 bits per heavy atom. The van der Waals surface area contributed by atoms with E-state index in [2.05, 4.69) is 10.6 Å². The monoisotopic (exact) mass is 392 g/mol. The van der Waals surface area contributed by atoms with Gasteiger partial charge in [-0.05, 0) is 43.3 Å². The number of carbonyl (C=O) groups excluding carboxylic acids is 3.